The first-order valence-corrected chi connectivity index (χ1v) is 7.53. The van der Waals surface area contributed by atoms with Crippen molar-refractivity contribution in [2.45, 2.75) is 37.6 Å². The van der Waals surface area contributed by atoms with Crippen LogP contribution in [0.4, 0.5) is 0 Å². The molecule has 2 heterocycles. The van der Waals surface area contributed by atoms with Gasteiger partial charge >= 0.3 is 0 Å². The van der Waals surface area contributed by atoms with E-state index in [1.807, 2.05) is 18.2 Å². The van der Waals surface area contributed by atoms with Crippen LogP contribution in [0.15, 0.2) is 34.9 Å². The van der Waals surface area contributed by atoms with Gasteiger partial charge in [-0.2, -0.15) is 4.98 Å². The fourth-order valence-corrected chi connectivity index (χ4v) is 2.60. The van der Waals surface area contributed by atoms with E-state index in [9.17, 15) is 0 Å². The molecule has 5 nitrogen and oxygen atoms in total. The molecule has 1 saturated heterocycles. The fourth-order valence-electron chi connectivity index (χ4n) is 2.60. The Labute approximate surface area is 124 Å². The summed E-state index contributed by atoms with van der Waals surface area (Å²) in [7, 11) is 0. The van der Waals surface area contributed by atoms with Crippen molar-refractivity contribution in [3.05, 3.63) is 47.6 Å². The number of hydrogen-bond donors (Lipinski definition) is 1. The lowest BCUT2D eigenvalue weighted by atomic mass is 10.0. The molecule has 1 fully saturated rings. The second kappa shape index (κ2) is 6.83. The van der Waals surface area contributed by atoms with Crippen LogP contribution in [0.3, 0.4) is 0 Å². The van der Waals surface area contributed by atoms with Crippen LogP contribution < -0.4 is 5.73 Å². The molecule has 1 aromatic carbocycles. The van der Waals surface area contributed by atoms with Gasteiger partial charge in [0.2, 0.25) is 5.89 Å². The summed E-state index contributed by atoms with van der Waals surface area (Å²) in [5.74, 6) is 1.52. The molecule has 1 aliphatic rings. The average Bonchev–Trinajstić information content (AvgIpc) is 3.04. The van der Waals surface area contributed by atoms with Crippen LogP contribution in [0.1, 0.15) is 48.5 Å². The Bertz CT molecular complexity index is 550. The number of nitrogens with two attached hydrogens (primary N) is 1. The van der Waals surface area contributed by atoms with Gasteiger partial charge in [-0.05, 0) is 31.2 Å². The highest BCUT2D eigenvalue weighted by atomic mass is 16.5. The monoisotopic (exact) mass is 287 g/mol. The third-order valence-electron chi connectivity index (χ3n) is 3.89. The minimum absolute atomic E-state index is 0.212. The normalized spacial score (nSPS) is 20.3. The van der Waals surface area contributed by atoms with Gasteiger partial charge in [0, 0.05) is 12.5 Å². The van der Waals surface area contributed by atoms with Gasteiger partial charge in [0.25, 0.3) is 0 Å². The van der Waals surface area contributed by atoms with Crippen LogP contribution in [-0.4, -0.2) is 23.4 Å². The number of aryl methyl sites for hydroxylation is 1. The van der Waals surface area contributed by atoms with Crippen molar-refractivity contribution in [3.63, 3.8) is 0 Å². The molecular weight excluding hydrogens is 266 g/mol. The van der Waals surface area contributed by atoms with Crippen LogP contribution in [0.2, 0.25) is 0 Å². The molecule has 1 aromatic heterocycles. The van der Waals surface area contributed by atoms with Gasteiger partial charge < -0.3 is 15.0 Å². The maximum Gasteiger partial charge on any atom is 0.243 e. The molecule has 2 N–H and O–H groups in total. The zero-order chi connectivity index (χ0) is 14.5. The molecule has 3 rings (SSSR count). The Hall–Kier alpha value is -1.72. The highest BCUT2D eigenvalue weighted by Crippen LogP contribution is 2.24. The van der Waals surface area contributed by atoms with E-state index >= 15 is 0 Å². The van der Waals surface area contributed by atoms with E-state index in [2.05, 4.69) is 22.3 Å². The summed E-state index contributed by atoms with van der Waals surface area (Å²) in [6, 6.07) is 10.1. The van der Waals surface area contributed by atoms with Crippen LogP contribution >= 0.6 is 0 Å². The molecule has 5 heteroatoms. The summed E-state index contributed by atoms with van der Waals surface area (Å²) in [6.07, 6.45) is 3.81. The highest BCUT2D eigenvalue weighted by molar-refractivity contribution is 5.15. The SMILES string of the molecule is N[C@@H](CCc1ccccc1)c1nc(C2CCCOC2)no1. The summed E-state index contributed by atoms with van der Waals surface area (Å²) < 4.78 is 10.8. The van der Waals surface area contributed by atoms with Gasteiger partial charge in [-0.3, -0.25) is 0 Å². The first-order valence-electron chi connectivity index (χ1n) is 7.53. The van der Waals surface area contributed by atoms with E-state index in [1.54, 1.807) is 0 Å². The van der Waals surface area contributed by atoms with Crippen LogP contribution in [0, 0.1) is 0 Å². The topological polar surface area (TPSA) is 74.2 Å². The molecule has 1 aliphatic heterocycles. The lowest BCUT2D eigenvalue weighted by Crippen LogP contribution is -2.17. The smallest absolute Gasteiger partial charge is 0.243 e. The molecule has 0 radical (unpaired) electrons. The maximum absolute atomic E-state index is 6.16. The quantitative estimate of drug-likeness (QED) is 0.915. The van der Waals surface area contributed by atoms with E-state index in [4.69, 9.17) is 15.0 Å². The average molecular weight is 287 g/mol. The minimum Gasteiger partial charge on any atom is -0.381 e. The van der Waals surface area contributed by atoms with Gasteiger partial charge in [-0.1, -0.05) is 35.5 Å². The van der Waals surface area contributed by atoms with Crippen molar-refractivity contribution < 1.29 is 9.26 Å². The number of ether oxygens (including phenoxy) is 1. The number of hydrogen-bond acceptors (Lipinski definition) is 5. The predicted octanol–water partition coefficient (Wildman–Crippen LogP) is 2.60. The standard InChI is InChI=1S/C16H21N3O2/c17-14(9-8-12-5-2-1-3-6-12)16-18-15(19-21-16)13-7-4-10-20-11-13/h1-3,5-6,13-14H,4,7-11,17H2/t13?,14-/m0/s1. The van der Waals surface area contributed by atoms with Gasteiger partial charge in [0.05, 0.1) is 12.6 Å². The van der Waals surface area contributed by atoms with E-state index < -0.39 is 0 Å². The number of benzene rings is 1. The summed E-state index contributed by atoms with van der Waals surface area (Å²) in [5, 5.41) is 4.07. The second-order valence-electron chi connectivity index (χ2n) is 5.54. The number of aromatic nitrogens is 2. The lowest BCUT2D eigenvalue weighted by Gasteiger charge is -2.18. The van der Waals surface area contributed by atoms with E-state index in [1.165, 1.54) is 5.56 Å². The Balaban J connectivity index is 1.57. The Morgan fingerprint density at radius 3 is 2.90 bits per heavy atom. The summed E-state index contributed by atoms with van der Waals surface area (Å²) in [5.41, 5.74) is 7.43. The van der Waals surface area contributed by atoms with E-state index in [0.717, 1.165) is 38.1 Å². The Morgan fingerprint density at radius 1 is 1.29 bits per heavy atom. The molecule has 0 amide bonds. The third-order valence-corrected chi connectivity index (χ3v) is 3.89. The number of rotatable bonds is 5. The van der Waals surface area contributed by atoms with Crippen molar-refractivity contribution >= 4 is 0 Å². The van der Waals surface area contributed by atoms with Gasteiger partial charge in [0.1, 0.15) is 0 Å². The molecule has 21 heavy (non-hydrogen) atoms. The van der Waals surface area contributed by atoms with E-state index in [0.29, 0.717) is 12.5 Å². The van der Waals surface area contributed by atoms with Crippen molar-refractivity contribution in [2.75, 3.05) is 13.2 Å². The lowest BCUT2D eigenvalue weighted by molar-refractivity contribution is 0.0773. The van der Waals surface area contributed by atoms with Gasteiger partial charge in [-0.15, -0.1) is 0 Å². The van der Waals surface area contributed by atoms with Gasteiger partial charge in [-0.25, -0.2) is 0 Å². The predicted molar refractivity (Wildman–Crippen MR) is 78.8 cm³/mol. The molecular formula is C16H21N3O2. The largest absolute Gasteiger partial charge is 0.381 e. The summed E-state index contributed by atoms with van der Waals surface area (Å²) in [4.78, 5) is 4.46. The molecule has 0 saturated carbocycles. The molecule has 0 aliphatic carbocycles. The van der Waals surface area contributed by atoms with Crippen LogP contribution in [0.25, 0.3) is 0 Å². The van der Waals surface area contributed by atoms with Crippen molar-refractivity contribution in [3.8, 4) is 0 Å². The summed E-state index contributed by atoms with van der Waals surface area (Å²) >= 11 is 0. The van der Waals surface area contributed by atoms with Crippen molar-refractivity contribution in [1.82, 2.24) is 10.1 Å². The zero-order valence-corrected chi connectivity index (χ0v) is 12.1. The summed E-state index contributed by atoms with van der Waals surface area (Å²) in [6.45, 7) is 1.51. The second-order valence-corrected chi connectivity index (χ2v) is 5.54. The maximum atomic E-state index is 6.16. The Kier molecular flexibility index (Phi) is 4.62. The highest BCUT2D eigenvalue weighted by Gasteiger charge is 2.23. The third kappa shape index (κ3) is 3.68. The van der Waals surface area contributed by atoms with Gasteiger partial charge in [0.15, 0.2) is 5.82 Å². The van der Waals surface area contributed by atoms with Crippen LogP contribution in [-0.2, 0) is 11.2 Å². The molecule has 0 bridgehead atoms. The van der Waals surface area contributed by atoms with Crippen molar-refractivity contribution in [2.24, 2.45) is 5.73 Å². The molecule has 0 spiro atoms. The Morgan fingerprint density at radius 2 is 2.14 bits per heavy atom. The minimum atomic E-state index is -0.212. The molecule has 1 unspecified atom stereocenters. The van der Waals surface area contributed by atoms with Crippen LogP contribution in [0.5, 0.6) is 0 Å². The molecule has 2 atom stereocenters. The fraction of sp³-hybridized carbons (Fsp3) is 0.500. The first kappa shape index (κ1) is 14.2. The molecule has 2 aromatic rings. The van der Waals surface area contributed by atoms with Crippen molar-refractivity contribution in [1.29, 1.82) is 0 Å². The van der Waals surface area contributed by atoms with E-state index in [-0.39, 0.29) is 12.0 Å². The molecule has 112 valence electrons. The first-order chi connectivity index (χ1) is 10.3. The zero-order valence-electron chi connectivity index (χ0n) is 12.1. The number of nitrogens with zero attached hydrogens (tertiary/aromatic N) is 2.